The molecule has 55 heavy (non-hydrogen) atoms. The van der Waals surface area contributed by atoms with Crippen LogP contribution < -0.4 is 20.1 Å². The number of aryl methyl sites for hydroxylation is 2. The van der Waals surface area contributed by atoms with Gasteiger partial charge in [-0.2, -0.15) is 0 Å². The SMILES string of the molecule is Cc1nc2cc(F)ccc2c2c1O[C@]1(CC2)C[C@H]2C(=O)N[C@]3(C(=O)NS(=O)(=O)C4(C)CC4)CC3/C=C\CCCCC[C@H](NC(=O)OC3CCCC3)C(=O)N2C1. The number of hydrogen-bond donors (Lipinski definition) is 3. The maximum absolute atomic E-state index is 14.7. The Balaban J connectivity index is 1.12. The number of aromatic nitrogens is 1. The van der Waals surface area contributed by atoms with Gasteiger partial charge in [0.15, 0.2) is 0 Å². The molecule has 4 fully saturated rings. The fraction of sp³-hybridized carbons (Fsp3) is 0.625. The minimum Gasteiger partial charge on any atom is -0.483 e. The van der Waals surface area contributed by atoms with E-state index in [9.17, 15) is 32.0 Å². The molecule has 5 atom stereocenters. The third kappa shape index (κ3) is 7.17. The number of nitrogens with one attached hydrogen (secondary N) is 3. The first kappa shape index (κ1) is 37.6. The van der Waals surface area contributed by atoms with Gasteiger partial charge >= 0.3 is 6.09 Å². The van der Waals surface area contributed by atoms with Gasteiger partial charge in [0.25, 0.3) is 5.91 Å². The molecule has 1 aromatic carbocycles. The number of rotatable bonds is 5. The van der Waals surface area contributed by atoms with Crippen LogP contribution in [0.5, 0.6) is 5.75 Å². The Labute approximate surface area is 320 Å². The lowest BCUT2D eigenvalue weighted by Gasteiger charge is -2.36. The quantitative estimate of drug-likeness (QED) is 0.361. The van der Waals surface area contributed by atoms with E-state index in [-0.39, 0.29) is 25.5 Å². The molecule has 3 N–H and O–H groups in total. The number of halogens is 1. The number of ether oxygens (including phenoxy) is 2. The molecule has 8 rings (SSSR count). The van der Waals surface area contributed by atoms with E-state index in [1.165, 1.54) is 17.0 Å². The van der Waals surface area contributed by atoms with Crippen molar-refractivity contribution in [1.82, 2.24) is 25.2 Å². The minimum absolute atomic E-state index is 0.0232. The van der Waals surface area contributed by atoms with Gasteiger partial charge in [-0.1, -0.05) is 25.0 Å². The van der Waals surface area contributed by atoms with Crippen LogP contribution in [0, 0.1) is 18.7 Å². The summed E-state index contributed by atoms with van der Waals surface area (Å²) < 4.78 is 54.3. The average Bonchev–Trinajstić information content (AvgIpc) is 3.93. The van der Waals surface area contributed by atoms with Crippen molar-refractivity contribution in [2.75, 3.05) is 6.54 Å². The number of hydrogen-bond acceptors (Lipinski definition) is 9. The predicted octanol–water partition coefficient (Wildman–Crippen LogP) is 4.78. The van der Waals surface area contributed by atoms with Crippen LogP contribution in [0.3, 0.4) is 0 Å². The normalized spacial score (nSPS) is 31.2. The van der Waals surface area contributed by atoms with Gasteiger partial charge in [-0.25, -0.2) is 22.6 Å². The van der Waals surface area contributed by atoms with Crippen LogP contribution in [0.2, 0.25) is 0 Å². The molecule has 3 saturated carbocycles. The summed E-state index contributed by atoms with van der Waals surface area (Å²) in [5.74, 6) is -2.16. The smallest absolute Gasteiger partial charge is 0.408 e. The van der Waals surface area contributed by atoms with Crippen LogP contribution in [0.4, 0.5) is 9.18 Å². The van der Waals surface area contributed by atoms with Gasteiger partial charge in [0.05, 0.1) is 22.5 Å². The summed E-state index contributed by atoms with van der Waals surface area (Å²) >= 11 is 0. The molecule has 0 bridgehead atoms. The monoisotopic (exact) mass is 779 g/mol. The predicted molar refractivity (Wildman–Crippen MR) is 200 cm³/mol. The number of carbonyl (C=O) groups is 4. The molecule has 6 aliphatic rings. The van der Waals surface area contributed by atoms with E-state index in [0.29, 0.717) is 61.9 Å². The first-order valence-corrected chi connectivity index (χ1v) is 21.3. The number of sulfonamides is 1. The van der Waals surface area contributed by atoms with Crippen molar-refractivity contribution >= 4 is 44.7 Å². The largest absolute Gasteiger partial charge is 0.483 e. The van der Waals surface area contributed by atoms with E-state index in [0.717, 1.165) is 49.5 Å². The number of alkyl carbamates (subject to hydrolysis) is 1. The van der Waals surface area contributed by atoms with Gasteiger partial charge in [-0.3, -0.25) is 19.1 Å². The molecule has 13 nitrogen and oxygen atoms in total. The molecular weight excluding hydrogens is 730 g/mol. The second-order valence-electron chi connectivity index (χ2n) is 16.9. The summed E-state index contributed by atoms with van der Waals surface area (Å²) in [6.07, 6.45) is 11.8. The van der Waals surface area contributed by atoms with E-state index >= 15 is 0 Å². The van der Waals surface area contributed by atoms with Crippen molar-refractivity contribution in [3.05, 3.63) is 47.4 Å². The average molecular weight is 780 g/mol. The minimum atomic E-state index is -4.00. The summed E-state index contributed by atoms with van der Waals surface area (Å²) in [5.41, 5.74) is -0.606. The molecule has 1 spiro atoms. The van der Waals surface area contributed by atoms with Crippen LogP contribution in [0.15, 0.2) is 30.4 Å². The number of nitrogens with zero attached hydrogens (tertiary/aromatic N) is 2. The van der Waals surface area contributed by atoms with E-state index < -0.39 is 73.5 Å². The Morgan fingerprint density at radius 1 is 1.05 bits per heavy atom. The highest BCUT2D eigenvalue weighted by Gasteiger charge is 2.64. The first-order valence-electron chi connectivity index (χ1n) is 19.8. The summed E-state index contributed by atoms with van der Waals surface area (Å²) in [6.45, 7) is 3.40. The van der Waals surface area contributed by atoms with Gasteiger partial charge in [0.2, 0.25) is 21.8 Å². The fourth-order valence-corrected chi connectivity index (χ4v) is 10.3. The van der Waals surface area contributed by atoms with Gasteiger partial charge in [-0.15, -0.1) is 0 Å². The summed E-state index contributed by atoms with van der Waals surface area (Å²) in [5, 5.41) is 6.53. The zero-order valence-corrected chi connectivity index (χ0v) is 32.3. The molecule has 1 unspecified atom stereocenters. The van der Waals surface area contributed by atoms with Crippen molar-refractivity contribution in [1.29, 1.82) is 0 Å². The first-order chi connectivity index (χ1) is 26.2. The van der Waals surface area contributed by atoms with E-state index in [2.05, 4.69) is 20.3 Å². The van der Waals surface area contributed by atoms with Gasteiger partial charge in [-0.05, 0) is 103 Å². The highest BCUT2D eigenvalue weighted by Crippen LogP contribution is 2.49. The highest BCUT2D eigenvalue weighted by molar-refractivity contribution is 7.91. The van der Waals surface area contributed by atoms with E-state index in [1.54, 1.807) is 19.9 Å². The Hall–Kier alpha value is -4.27. The highest BCUT2D eigenvalue weighted by atomic mass is 32.2. The fourth-order valence-electron chi connectivity index (χ4n) is 9.00. The molecule has 15 heteroatoms. The van der Waals surface area contributed by atoms with Crippen molar-refractivity contribution in [2.24, 2.45) is 5.92 Å². The number of fused-ring (bicyclic) bond motifs is 5. The molecule has 296 valence electrons. The second-order valence-corrected chi connectivity index (χ2v) is 19.1. The Morgan fingerprint density at radius 2 is 1.82 bits per heavy atom. The number of carbonyl (C=O) groups excluding carboxylic acids is 4. The van der Waals surface area contributed by atoms with Crippen molar-refractivity contribution in [3.63, 3.8) is 0 Å². The lowest BCUT2D eigenvalue weighted by atomic mass is 9.87. The van der Waals surface area contributed by atoms with E-state index in [1.807, 2.05) is 12.2 Å². The Kier molecular flexibility index (Phi) is 9.61. The van der Waals surface area contributed by atoms with Gasteiger partial charge < -0.3 is 25.0 Å². The summed E-state index contributed by atoms with van der Waals surface area (Å²) in [4.78, 5) is 62.6. The van der Waals surface area contributed by atoms with Crippen LogP contribution in [0.1, 0.15) is 108 Å². The zero-order valence-electron chi connectivity index (χ0n) is 31.5. The zero-order chi connectivity index (χ0) is 38.8. The Morgan fingerprint density at radius 3 is 2.58 bits per heavy atom. The maximum atomic E-state index is 14.7. The summed E-state index contributed by atoms with van der Waals surface area (Å²) in [6, 6.07) is 2.36. The molecule has 3 aliphatic heterocycles. The molecule has 1 aromatic heterocycles. The van der Waals surface area contributed by atoms with E-state index in [4.69, 9.17) is 9.47 Å². The third-order valence-electron chi connectivity index (χ3n) is 12.8. The Bertz CT molecular complexity index is 2070. The van der Waals surface area contributed by atoms with Crippen LogP contribution in [-0.2, 0) is 35.6 Å². The standard InChI is InChI=1S/C40H50FN5O8S/c1-24-33-29(28-15-14-26(41)20-31(28)42-24)16-17-39(54-33)22-32-34(47)44-40(36(49)45-55(51,52)38(2)18-19-38)21-25(40)10-6-4-3-5-7-13-30(35(48)46(32)23-39)43-37(50)53-27-11-8-9-12-27/h6,10,14-15,20,25,27,30,32H,3-5,7-9,11-13,16-19,21-23H2,1-2H3,(H,43,50)(H,44,47)(H,45,49)/b10-6-/t25?,30-,32-,39+,40+/m0/s1. The molecule has 4 amide bonds. The van der Waals surface area contributed by atoms with Crippen LogP contribution >= 0.6 is 0 Å². The number of pyridine rings is 1. The number of allylic oxidation sites excluding steroid dienone is 1. The molecular formula is C40H50FN5O8S. The molecule has 0 radical (unpaired) electrons. The lowest BCUT2D eigenvalue weighted by Crippen LogP contribution is -2.58. The van der Waals surface area contributed by atoms with Crippen molar-refractivity contribution < 1.29 is 41.5 Å². The van der Waals surface area contributed by atoms with Gasteiger partial charge in [0, 0.05) is 29.4 Å². The molecule has 4 heterocycles. The topological polar surface area (TPSA) is 173 Å². The van der Waals surface area contributed by atoms with Crippen molar-refractivity contribution in [3.8, 4) is 5.75 Å². The number of amides is 4. The summed E-state index contributed by atoms with van der Waals surface area (Å²) in [7, 11) is -4.00. The lowest BCUT2D eigenvalue weighted by molar-refractivity contribution is -0.141. The molecule has 1 saturated heterocycles. The molecule has 3 aliphatic carbocycles. The van der Waals surface area contributed by atoms with Crippen molar-refractivity contribution in [2.45, 2.75) is 144 Å². The number of benzene rings is 1. The molecule has 2 aromatic rings. The van der Waals surface area contributed by atoms with Crippen LogP contribution in [-0.4, -0.2) is 82.7 Å². The van der Waals surface area contributed by atoms with Crippen LogP contribution in [0.25, 0.3) is 10.9 Å². The second kappa shape index (κ2) is 14.0. The third-order valence-corrected chi connectivity index (χ3v) is 15.0. The van der Waals surface area contributed by atoms with Gasteiger partial charge in [0.1, 0.15) is 40.9 Å². The maximum Gasteiger partial charge on any atom is 0.408 e.